The largest absolute Gasteiger partial charge is 0.657 e. The average molecular weight is 634 g/mol. The van der Waals surface area contributed by atoms with Gasteiger partial charge in [0.25, 0.3) is 0 Å². The molecular formula is C34H28NW-. The van der Waals surface area contributed by atoms with Gasteiger partial charge in [-0.1, -0.05) is 78.9 Å². The fourth-order valence-corrected chi connectivity index (χ4v) is 9.39. The summed E-state index contributed by atoms with van der Waals surface area (Å²) in [5.74, 6) is 3.54. The first-order valence-electron chi connectivity index (χ1n) is 13.5. The Bertz CT molecular complexity index is 1650. The Kier molecular flexibility index (Phi) is 4.44. The standard InChI is InChI=1S/C34H28N.W/c1-3-9-29-26(6-1)27-13-12-22(25-8-5-11-32-33(25)28-7-2-4-10-31(28)35-32)19-30(27)34(29)23-15-20-14-21(17-23)18-24(34)16-20;/h1-13,19-21,23-24H,14-18H2;/q-1;. The maximum absolute atomic E-state index is 4.95. The van der Waals surface area contributed by atoms with Gasteiger partial charge in [-0.15, -0.1) is 11.0 Å². The maximum Gasteiger partial charge on any atom is 0.0272 e. The molecule has 0 saturated heterocycles. The topological polar surface area (TPSA) is 14.1 Å². The minimum Gasteiger partial charge on any atom is -0.657 e. The second kappa shape index (κ2) is 7.45. The van der Waals surface area contributed by atoms with E-state index < -0.39 is 0 Å². The second-order valence-corrected chi connectivity index (χ2v) is 11.8. The minimum atomic E-state index is 0. The van der Waals surface area contributed by atoms with Crippen molar-refractivity contribution in [3.05, 3.63) is 96.1 Å². The van der Waals surface area contributed by atoms with E-state index in [1.54, 1.807) is 11.1 Å². The molecule has 2 heteroatoms. The molecule has 1 heterocycles. The Morgan fingerprint density at radius 3 is 2.08 bits per heavy atom. The van der Waals surface area contributed by atoms with Gasteiger partial charge in [0.2, 0.25) is 0 Å². The summed E-state index contributed by atoms with van der Waals surface area (Å²) in [5, 5.41) is 2.57. The monoisotopic (exact) mass is 634 g/mol. The van der Waals surface area contributed by atoms with E-state index in [4.69, 9.17) is 4.98 Å². The molecule has 4 fully saturated rings. The van der Waals surface area contributed by atoms with E-state index in [1.807, 2.05) is 0 Å². The predicted molar refractivity (Wildman–Crippen MR) is 143 cm³/mol. The second-order valence-electron chi connectivity index (χ2n) is 11.8. The Morgan fingerprint density at radius 2 is 1.25 bits per heavy atom. The zero-order chi connectivity index (χ0) is 22.7. The van der Waals surface area contributed by atoms with Gasteiger partial charge in [0.05, 0.1) is 0 Å². The fourth-order valence-electron chi connectivity index (χ4n) is 9.39. The van der Waals surface area contributed by atoms with E-state index in [2.05, 4.69) is 84.9 Å². The number of aromatic nitrogens is 1. The SMILES string of the molecule is [W].c1ccc2c(c1)-c1ccc(-c3cccc4[n-]c5ccccc5c34)cc1C21C2CC3CC(C2)CC1C3. The zero-order valence-corrected chi connectivity index (χ0v) is 23.2. The number of hydrogen-bond acceptors (Lipinski definition) is 0. The van der Waals surface area contributed by atoms with Crippen LogP contribution < -0.4 is 4.98 Å². The first-order chi connectivity index (χ1) is 17.3. The number of para-hydroxylation sites is 1. The van der Waals surface area contributed by atoms with Crippen molar-refractivity contribution in [2.45, 2.75) is 37.5 Å². The molecule has 4 aromatic carbocycles. The summed E-state index contributed by atoms with van der Waals surface area (Å²) in [7, 11) is 0. The van der Waals surface area contributed by atoms with Gasteiger partial charge in [-0.05, 0) is 106 Å². The third kappa shape index (κ3) is 2.56. The smallest absolute Gasteiger partial charge is 0.0272 e. The van der Waals surface area contributed by atoms with Crippen LogP contribution in [0, 0.1) is 23.7 Å². The molecule has 0 amide bonds. The summed E-state index contributed by atoms with van der Waals surface area (Å²) in [6.07, 6.45) is 7.21. The molecule has 1 aromatic heterocycles. The molecule has 5 aliphatic carbocycles. The van der Waals surface area contributed by atoms with Crippen molar-refractivity contribution in [1.82, 2.24) is 4.98 Å². The van der Waals surface area contributed by atoms with Crippen LogP contribution in [0.5, 0.6) is 0 Å². The first kappa shape index (κ1) is 21.5. The fraction of sp³-hybridized carbons (Fsp3) is 0.294. The van der Waals surface area contributed by atoms with Crippen molar-refractivity contribution < 1.29 is 21.1 Å². The van der Waals surface area contributed by atoms with Gasteiger partial charge in [-0.3, -0.25) is 0 Å². The van der Waals surface area contributed by atoms with Crippen molar-refractivity contribution in [3.63, 3.8) is 0 Å². The van der Waals surface area contributed by atoms with E-state index in [-0.39, 0.29) is 26.5 Å². The third-order valence-corrected chi connectivity index (χ3v) is 10.3. The van der Waals surface area contributed by atoms with Crippen molar-refractivity contribution in [2.75, 3.05) is 0 Å². The van der Waals surface area contributed by atoms with Crippen LogP contribution in [0.2, 0.25) is 0 Å². The Morgan fingerprint density at radius 1 is 0.583 bits per heavy atom. The van der Waals surface area contributed by atoms with E-state index in [0.29, 0.717) is 0 Å². The molecule has 0 radical (unpaired) electrons. The molecule has 36 heavy (non-hydrogen) atoms. The van der Waals surface area contributed by atoms with Crippen molar-refractivity contribution in [1.29, 1.82) is 0 Å². The molecule has 1 nitrogen and oxygen atoms in total. The molecule has 176 valence electrons. The normalized spacial score (nSPS) is 29.0. The summed E-state index contributed by atoms with van der Waals surface area (Å²) >= 11 is 0. The van der Waals surface area contributed by atoms with Gasteiger partial charge in [0.15, 0.2) is 0 Å². The molecular weight excluding hydrogens is 606 g/mol. The van der Waals surface area contributed by atoms with Crippen LogP contribution in [0.4, 0.5) is 0 Å². The Balaban J connectivity index is 0.00000205. The van der Waals surface area contributed by atoms with Crippen LogP contribution in [0.15, 0.2) is 84.9 Å². The molecule has 0 atom stereocenters. The van der Waals surface area contributed by atoms with Crippen molar-refractivity contribution in [3.8, 4) is 22.3 Å². The van der Waals surface area contributed by atoms with Crippen LogP contribution in [0.3, 0.4) is 0 Å². The summed E-state index contributed by atoms with van der Waals surface area (Å²) in [5.41, 5.74) is 11.4. The maximum atomic E-state index is 4.95. The molecule has 4 bridgehead atoms. The first-order valence-corrected chi connectivity index (χ1v) is 13.5. The minimum absolute atomic E-state index is 0. The molecule has 0 aliphatic heterocycles. The molecule has 1 spiro atoms. The summed E-state index contributed by atoms with van der Waals surface area (Å²) < 4.78 is 0. The number of rotatable bonds is 1. The molecule has 5 aromatic rings. The number of benzene rings is 4. The zero-order valence-electron chi connectivity index (χ0n) is 20.3. The molecule has 5 aliphatic rings. The third-order valence-electron chi connectivity index (χ3n) is 10.3. The summed E-state index contributed by atoms with van der Waals surface area (Å²) in [4.78, 5) is 4.95. The van der Waals surface area contributed by atoms with Gasteiger partial charge in [-0.25, -0.2) is 0 Å². The van der Waals surface area contributed by atoms with Crippen LogP contribution in [-0.2, 0) is 26.5 Å². The van der Waals surface area contributed by atoms with E-state index in [1.165, 1.54) is 65.1 Å². The van der Waals surface area contributed by atoms with E-state index >= 15 is 0 Å². The molecule has 10 rings (SSSR count). The van der Waals surface area contributed by atoms with Crippen LogP contribution in [0.25, 0.3) is 44.1 Å². The van der Waals surface area contributed by atoms with Gasteiger partial charge >= 0.3 is 0 Å². The number of hydrogen-bond donors (Lipinski definition) is 0. The van der Waals surface area contributed by atoms with Crippen LogP contribution in [0.1, 0.15) is 43.2 Å². The predicted octanol–water partition coefficient (Wildman–Crippen LogP) is 8.34. The van der Waals surface area contributed by atoms with Crippen molar-refractivity contribution >= 4 is 21.8 Å². The van der Waals surface area contributed by atoms with Gasteiger partial charge < -0.3 is 4.98 Å². The molecule has 0 N–H and O–H groups in total. The number of nitrogens with zero attached hydrogens (tertiary/aromatic N) is 1. The molecule has 4 saturated carbocycles. The Labute approximate surface area is 226 Å². The van der Waals surface area contributed by atoms with Gasteiger partial charge in [0, 0.05) is 26.5 Å². The quantitative estimate of drug-likeness (QED) is 0.181. The van der Waals surface area contributed by atoms with Crippen LogP contribution in [-0.4, -0.2) is 0 Å². The van der Waals surface area contributed by atoms with Crippen LogP contribution >= 0.6 is 0 Å². The summed E-state index contributed by atoms with van der Waals surface area (Å²) in [6, 6.07) is 32.1. The van der Waals surface area contributed by atoms with E-state index in [0.717, 1.165) is 34.7 Å². The van der Waals surface area contributed by atoms with Gasteiger partial charge in [0.1, 0.15) is 0 Å². The molecule has 0 unspecified atom stereocenters. The Hall–Kier alpha value is -2.63. The van der Waals surface area contributed by atoms with Gasteiger partial charge in [-0.2, -0.15) is 0 Å². The summed E-state index contributed by atoms with van der Waals surface area (Å²) in [6.45, 7) is 0. The van der Waals surface area contributed by atoms with E-state index in [9.17, 15) is 0 Å². The van der Waals surface area contributed by atoms with Crippen molar-refractivity contribution in [2.24, 2.45) is 23.7 Å². The number of fused-ring (bicyclic) bond motifs is 6. The average Bonchev–Trinajstić information content (AvgIpc) is 3.41.